The summed E-state index contributed by atoms with van der Waals surface area (Å²) in [6.45, 7) is 6.75. The Balaban J connectivity index is 1.53. The molecule has 2 fully saturated rings. The largest absolute Gasteiger partial charge is 0.381 e. The third-order valence-corrected chi connectivity index (χ3v) is 4.38. The van der Waals surface area contributed by atoms with Crippen molar-refractivity contribution >= 4 is 11.6 Å². The first kappa shape index (κ1) is 14.4. The minimum atomic E-state index is 0.0518. The average molecular weight is 287 g/mol. The Labute approximate surface area is 126 Å². The van der Waals surface area contributed by atoms with E-state index in [0.717, 1.165) is 37.2 Å². The van der Waals surface area contributed by atoms with Gasteiger partial charge in [-0.15, -0.1) is 0 Å². The number of hydrogen-bond donors (Lipinski definition) is 2. The predicted molar refractivity (Wildman–Crippen MR) is 85.7 cm³/mol. The lowest BCUT2D eigenvalue weighted by molar-refractivity contribution is 0.0951. The molecule has 0 aromatic heterocycles. The smallest absolute Gasteiger partial charge is 0.251 e. The van der Waals surface area contributed by atoms with Gasteiger partial charge in [-0.25, -0.2) is 0 Å². The van der Waals surface area contributed by atoms with Crippen molar-refractivity contribution in [2.45, 2.75) is 51.2 Å². The molecule has 1 heterocycles. The second kappa shape index (κ2) is 6.06. The van der Waals surface area contributed by atoms with E-state index in [0.29, 0.717) is 18.1 Å². The first-order valence-electron chi connectivity index (χ1n) is 8.03. The summed E-state index contributed by atoms with van der Waals surface area (Å²) < 4.78 is 0. The van der Waals surface area contributed by atoms with E-state index < -0.39 is 0 Å². The van der Waals surface area contributed by atoms with Crippen LogP contribution in [0.4, 0.5) is 5.69 Å². The van der Waals surface area contributed by atoms with E-state index in [1.165, 1.54) is 6.42 Å². The van der Waals surface area contributed by atoms with Gasteiger partial charge >= 0.3 is 0 Å². The van der Waals surface area contributed by atoms with Gasteiger partial charge in [-0.3, -0.25) is 9.69 Å². The molecule has 21 heavy (non-hydrogen) atoms. The lowest BCUT2D eigenvalue weighted by atomic mass is 10.1. The van der Waals surface area contributed by atoms with Crippen LogP contribution in [0.2, 0.25) is 0 Å². The van der Waals surface area contributed by atoms with Crippen LogP contribution in [0.1, 0.15) is 43.5 Å². The fourth-order valence-corrected chi connectivity index (χ4v) is 2.82. The van der Waals surface area contributed by atoms with Gasteiger partial charge in [-0.05, 0) is 57.4 Å². The maximum Gasteiger partial charge on any atom is 0.251 e. The zero-order chi connectivity index (χ0) is 14.8. The summed E-state index contributed by atoms with van der Waals surface area (Å²) in [6, 6.07) is 9.39. The third kappa shape index (κ3) is 3.76. The molecule has 1 saturated carbocycles. The van der Waals surface area contributed by atoms with Gasteiger partial charge in [0.25, 0.3) is 5.91 Å². The van der Waals surface area contributed by atoms with Crippen LogP contribution in [-0.4, -0.2) is 42.0 Å². The number of likely N-dealkylation sites (tertiary alicyclic amines) is 1. The van der Waals surface area contributed by atoms with E-state index in [1.54, 1.807) is 0 Å². The summed E-state index contributed by atoms with van der Waals surface area (Å²) >= 11 is 0. The molecule has 2 aliphatic rings. The Morgan fingerprint density at radius 1 is 1.14 bits per heavy atom. The van der Waals surface area contributed by atoms with Crippen LogP contribution >= 0.6 is 0 Å². The summed E-state index contributed by atoms with van der Waals surface area (Å²) in [5.41, 5.74) is 1.86. The zero-order valence-electron chi connectivity index (χ0n) is 12.9. The van der Waals surface area contributed by atoms with Crippen molar-refractivity contribution in [1.29, 1.82) is 0 Å². The molecule has 1 aliphatic heterocycles. The van der Waals surface area contributed by atoms with Crippen molar-refractivity contribution in [3.05, 3.63) is 29.8 Å². The molecule has 1 amide bonds. The van der Waals surface area contributed by atoms with E-state index in [2.05, 4.69) is 29.4 Å². The molecule has 1 atom stereocenters. The fourth-order valence-electron chi connectivity index (χ4n) is 2.82. The molecule has 2 N–H and O–H groups in total. The van der Waals surface area contributed by atoms with E-state index in [-0.39, 0.29) is 5.91 Å². The average Bonchev–Trinajstić information content (AvgIpc) is 3.15. The van der Waals surface area contributed by atoms with Gasteiger partial charge in [-0.1, -0.05) is 0 Å². The Morgan fingerprint density at radius 2 is 1.86 bits per heavy atom. The van der Waals surface area contributed by atoms with Crippen LogP contribution in [0.25, 0.3) is 0 Å². The quantitative estimate of drug-likeness (QED) is 0.874. The number of rotatable bonds is 5. The molecule has 0 spiro atoms. The second-order valence-corrected chi connectivity index (χ2v) is 6.54. The molecule has 1 aliphatic carbocycles. The van der Waals surface area contributed by atoms with Gasteiger partial charge in [0.2, 0.25) is 0 Å². The number of nitrogens with zero attached hydrogens (tertiary/aromatic N) is 1. The zero-order valence-corrected chi connectivity index (χ0v) is 12.9. The molecular weight excluding hydrogens is 262 g/mol. The van der Waals surface area contributed by atoms with Crippen LogP contribution in [0, 0.1) is 0 Å². The summed E-state index contributed by atoms with van der Waals surface area (Å²) in [4.78, 5) is 14.4. The van der Waals surface area contributed by atoms with E-state index in [9.17, 15) is 4.79 Å². The SMILES string of the molecule is CC(C)N1CCC(Nc2ccc(C(=O)NC3CC3)cc2)C1. The number of amides is 1. The minimum absolute atomic E-state index is 0.0518. The van der Waals surface area contributed by atoms with Gasteiger partial charge in [0.1, 0.15) is 0 Å². The standard InChI is InChI=1S/C17H25N3O/c1-12(2)20-10-9-16(11-20)18-14-5-3-13(4-6-14)17(21)19-15-7-8-15/h3-6,12,15-16,18H,7-11H2,1-2H3,(H,19,21). The van der Waals surface area contributed by atoms with Crippen LogP contribution in [0.3, 0.4) is 0 Å². The van der Waals surface area contributed by atoms with Gasteiger partial charge in [0, 0.05) is 42.5 Å². The Morgan fingerprint density at radius 3 is 2.43 bits per heavy atom. The highest BCUT2D eigenvalue weighted by atomic mass is 16.1. The molecular formula is C17H25N3O. The monoisotopic (exact) mass is 287 g/mol. The first-order valence-corrected chi connectivity index (χ1v) is 8.03. The van der Waals surface area contributed by atoms with Gasteiger partial charge < -0.3 is 10.6 Å². The van der Waals surface area contributed by atoms with Gasteiger partial charge in [0.15, 0.2) is 0 Å². The number of hydrogen-bond acceptors (Lipinski definition) is 3. The van der Waals surface area contributed by atoms with Crippen LogP contribution < -0.4 is 10.6 Å². The normalized spacial score (nSPS) is 22.5. The maximum absolute atomic E-state index is 11.9. The predicted octanol–water partition coefficient (Wildman–Crippen LogP) is 2.47. The topological polar surface area (TPSA) is 44.4 Å². The number of nitrogens with one attached hydrogen (secondary N) is 2. The van der Waals surface area contributed by atoms with Crippen molar-refractivity contribution in [1.82, 2.24) is 10.2 Å². The molecule has 4 heteroatoms. The maximum atomic E-state index is 11.9. The molecule has 0 bridgehead atoms. The van der Waals surface area contributed by atoms with Crippen molar-refractivity contribution in [3.63, 3.8) is 0 Å². The van der Waals surface area contributed by atoms with Crippen LogP contribution in [0.15, 0.2) is 24.3 Å². The molecule has 3 rings (SSSR count). The van der Waals surface area contributed by atoms with Crippen molar-refractivity contribution in [2.24, 2.45) is 0 Å². The van der Waals surface area contributed by atoms with E-state index in [1.807, 2.05) is 24.3 Å². The molecule has 1 unspecified atom stereocenters. The minimum Gasteiger partial charge on any atom is -0.381 e. The van der Waals surface area contributed by atoms with Crippen molar-refractivity contribution in [3.8, 4) is 0 Å². The summed E-state index contributed by atoms with van der Waals surface area (Å²) in [5.74, 6) is 0.0518. The Kier molecular flexibility index (Phi) is 4.15. The molecule has 0 radical (unpaired) electrons. The molecule has 114 valence electrons. The first-order chi connectivity index (χ1) is 10.1. The number of anilines is 1. The molecule has 1 aromatic rings. The highest BCUT2D eigenvalue weighted by Crippen LogP contribution is 2.21. The summed E-state index contributed by atoms with van der Waals surface area (Å²) in [5, 5.41) is 6.59. The Bertz CT molecular complexity index is 493. The van der Waals surface area contributed by atoms with Crippen LogP contribution in [0.5, 0.6) is 0 Å². The number of carbonyl (C=O) groups is 1. The van der Waals surface area contributed by atoms with E-state index in [4.69, 9.17) is 0 Å². The molecule has 4 nitrogen and oxygen atoms in total. The lowest BCUT2D eigenvalue weighted by Gasteiger charge is -2.20. The molecule has 1 saturated heterocycles. The Hall–Kier alpha value is -1.55. The molecule has 1 aromatic carbocycles. The third-order valence-electron chi connectivity index (χ3n) is 4.38. The summed E-state index contributed by atoms with van der Waals surface area (Å²) in [7, 11) is 0. The fraction of sp³-hybridized carbons (Fsp3) is 0.588. The lowest BCUT2D eigenvalue weighted by Crippen LogP contribution is -2.31. The number of benzene rings is 1. The van der Waals surface area contributed by atoms with E-state index >= 15 is 0 Å². The highest BCUT2D eigenvalue weighted by Gasteiger charge is 2.25. The number of carbonyl (C=O) groups excluding carboxylic acids is 1. The highest BCUT2D eigenvalue weighted by molar-refractivity contribution is 5.94. The van der Waals surface area contributed by atoms with Crippen LogP contribution in [-0.2, 0) is 0 Å². The van der Waals surface area contributed by atoms with Gasteiger partial charge in [-0.2, -0.15) is 0 Å². The van der Waals surface area contributed by atoms with Crippen molar-refractivity contribution < 1.29 is 4.79 Å². The second-order valence-electron chi connectivity index (χ2n) is 6.54. The van der Waals surface area contributed by atoms with Crippen molar-refractivity contribution in [2.75, 3.05) is 18.4 Å². The van der Waals surface area contributed by atoms with Gasteiger partial charge in [0.05, 0.1) is 0 Å². The summed E-state index contributed by atoms with van der Waals surface area (Å²) in [6.07, 6.45) is 3.43.